The molecular weight excluding hydrogens is 312 g/mol. The Balaban J connectivity index is 2.02. The zero-order valence-corrected chi connectivity index (χ0v) is 15.3. The van der Waals surface area contributed by atoms with Gasteiger partial charge in [-0.25, -0.2) is 0 Å². The normalized spacial score (nSPS) is 11.9. The maximum absolute atomic E-state index is 6.14. The number of para-hydroxylation sites is 1. The van der Waals surface area contributed by atoms with Crippen molar-refractivity contribution >= 4 is 11.4 Å². The summed E-state index contributed by atoms with van der Waals surface area (Å²) in [6.45, 7) is 4.19. The van der Waals surface area contributed by atoms with Gasteiger partial charge >= 0.3 is 0 Å². The van der Waals surface area contributed by atoms with Crippen molar-refractivity contribution in [3.63, 3.8) is 0 Å². The molecule has 4 N–H and O–H groups in total. The Hall–Kier alpha value is -2.36. The second kappa shape index (κ2) is 9.82. The van der Waals surface area contributed by atoms with E-state index in [1.54, 1.807) is 0 Å². The van der Waals surface area contributed by atoms with Crippen LogP contribution in [-0.4, -0.2) is 6.29 Å². The first-order valence-corrected chi connectivity index (χ1v) is 9.14. The average Bonchev–Trinajstić information content (AvgIpc) is 2.60. The molecule has 2 aromatic rings. The second-order valence-electron chi connectivity index (χ2n) is 6.42. The molecule has 25 heavy (non-hydrogen) atoms. The Morgan fingerprint density at radius 1 is 0.880 bits per heavy atom. The van der Waals surface area contributed by atoms with Crippen LogP contribution in [0.4, 0.5) is 11.4 Å². The lowest BCUT2D eigenvalue weighted by Gasteiger charge is -2.22. The van der Waals surface area contributed by atoms with Gasteiger partial charge in [0.1, 0.15) is 11.5 Å². The van der Waals surface area contributed by atoms with E-state index in [1.165, 1.54) is 25.7 Å². The van der Waals surface area contributed by atoms with Gasteiger partial charge in [-0.2, -0.15) is 0 Å². The van der Waals surface area contributed by atoms with Crippen LogP contribution in [0.15, 0.2) is 42.5 Å². The molecule has 0 radical (unpaired) electrons. The third-order valence-corrected chi connectivity index (χ3v) is 4.23. The Kier molecular flexibility index (Phi) is 7.45. The highest BCUT2D eigenvalue weighted by Gasteiger charge is 2.15. The number of anilines is 2. The topological polar surface area (TPSA) is 70.5 Å². The number of benzene rings is 2. The summed E-state index contributed by atoms with van der Waals surface area (Å²) in [5.74, 6) is 1.42. The number of hydrogen-bond donors (Lipinski definition) is 2. The van der Waals surface area contributed by atoms with Crippen LogP contribution in [0.25, 0.3) is 0 Å². The number of unbranched alkanes of at least 4 members (excludes halogenated alkanes) is 4. The monoisotopic (exact) mass is 342 g/mol. The van der Waals surface area contributed by atoms with Crippen molar-refractivity contribution < 1.29 is 9.47 Å². The van der Waals surface area contributed by atoms with E-state index >= 15 is 0 Å². The van der Waals surface area contributed by atoms with Gasteiger partial charge in [-0.1, -0.05) is 44.7 Å². The minimum atomic E-state index is -0.366. The second-order valence-corrected chi connectivity index (χ2v) is 6.42. The first-order valence-electron chi connectivity index (χ1n) is 9.14. The lowest BCUT2D eigenvalue weighted by Crippen LogP contribution is -2.24. The third kappa shape index (κ3) is 6.22. The summed E-state index contributed by atoms with van der Waals surface area (Å²) in [5.41, 5.74) is 14.3. The van der Waals surface area contributed by atoms with Crippen LogP contribution in [0.5, 0.6) is 11.5 Å². The zero-order valence-electron chi connectivity index (χ0n) is 15.3. The van der Waals surface area contributed by atoms with Gasteiger partial charge in [0, 0.05) is 12.1 Å². The molecule has 0 heterocycles. The molecule has 0 aromatic heterocycles. The van der Waals surface area contributed by atoms with Crippen LogP contribution in [-0.2, 0) is 0 Å². The molecule has 0 saturated carbocycles. The highest BCUT2D eigenvalue weighted by molar-refractivity contribution is 5.57. The summed E-state index contributed by atoms with van der Waals surface area (Å²) in [7, 11) is 0. The van der Waals surface area contributed by atoms with E-state index in [9.17, 15) is 0 Å². The van der Waals surface area contributed by atoms with E-state index < -0.39 is 0 Å². The average molecular weight is 342 g/mol. The molecule has 2 aromatic carbocycles. The largest absolute Gasteiger partial charge is 0.455 e. The van der Waals surface area contributed by atoms with Gasteiger partial charge in [0.15, 0.2) is 0 Å². The molecular formula is C21H30N2O2. The maximum Gasteiger partial charge on any atom is 0.241 e. The summed E-state index contributed by atoms with van der Waals surface area (Å²) < 4.78 is 12.1. The summed E-state index contributed by atoms with van der Waals surface area (Å²) >= 11 is 0. The fourth-order valence-electron chi connectivity index (χ4n) is 2.65. The molecule has 1 unspecified atom stereocenters. The lowest BCUT2D eigenvalue weighted by atomic mass is 10.1. The predicted octanol–water partition coefficient (Wildman–Crippen LogP) is 5.30. The number of ether oxygens (including phenoxy) is 2. The molecule has 136 valence electrons. The minimum absolute atomic E-state index is 0.366. The van der Waals surface area contributed by atoms with Gasteiger partial charge in [-0.15, -0.1) is 0 Å². The Morgan fingerprint density at radius 3 is 2.32 bits per heavy atom. The van der Waals surface area contributed by atoms with E-state index in [-0.39, 0.29) is 6.29 Å². The van der Waals surface area contributed by atoms with E-state index in [4.69, 9.17) is 20.9 Å². The maximum atomic E-state index is 6.14. The van der Waals surface area contributed by atoms with E-state index in [0.29, 0.717) is 17.1 Å². The first-order chi connectivity index (χ1) is 12.1. The van der Waals surface area contributed by atoms with Gasteiger partial charge in [0.2, 0.25) is 6.29 Å². The van der Waals surface area contributed by atoms with Gasteiger partial charge in [-0.05, 0) is 49.2 Å². The number of rotatable bonds is 10. The van der Waals surface area contributed by atoms with Crippen LogP contribution in [0.2, 0.25) is 0 Å². The first kappa shape index (κ1) is 19.0. The molecule has 0 amide bonds. The van der Waals surface area contributed by atoms with Crippen molar-refractivity contribution in [2.45, 2.75) is 58.7 Å². The fourth-order valence-corrected chi connectivity index (χ4v) is 2.65. The minimum Gasteiger partial charge on any atom is -0.455 e. The standard InChI is InChI=1S/C21H30N2O2/c1-3-4-5-6-7-11-20(24-18-14-12-17(22)13-15-18)25-19-10-8-9-16(2)21(19)23/h8-10,12-15,20H,3-7,11,22-23H2,1-2H3. The molecule has 0 saturated heterocycles. The van der Waals surface area contributed by atoms with Gasteiger partial charge in [0.05, 0.1) is 5.69 Å². The van der Waals surface area contributed by atoms with E-state index in [1.807, 2.05) is 49.4 Å². The molecule has 0 aliphatic rings. The zero-order chi connectivity index (χ0) is 18.1. The molecule has 0 aliphatic heterocycles. The molecule has 0 spiro atoms. The van der Waals surface area contributed by atoms with Gasteiger partial charge in [-0.3, -0.25) is 0 Å². The van der Waals surface area contributed by atoms with E-state index in [2.05, 4.69) is 6.92 Å². The van der Waals surface area contributed by atoms with Crippen LogP contribution in [0.3, 0.4) is 0 Å². The SMILES string of the molecule is CCCCCCCC(Oc1ccc(N)cc1)Oc1cccc(C)c1N. The Labute approximate surface area is 151 Å². The fraction of sp³-hybridized carbons (Fsp3) is 0.429. The molecule has 0 aliphatic carbocycles. The number of nitrogens with two attached hydrogens (primary N) is 2. The van der Waals surface area contributed by atoms with Crippen molar-refractivity contribution in [1.82, 2.24) is 0 Å². The summed E-state index contributed by atoms with van der Waals surface area (Å²) in [5, 5.41) is 0. The van der Waals surface area contributed by atoms with Gasteiger partial charge in [0.25, 0.3) is 0 Å². The quantitative estimate of drug-likeness (QED) is 0.349. The molecule has 4 nitrogen and oxygen atoms in total. The van der Waals surface area contributed by atoms with Crippen LogP contribution < -0.4 is 20.9 Å². The smallest absolute Gasteiger partial charge is 0.241 e. The lowest BCUT2D eigenvalue weighted by molar-refractivity contribution is -0.00191. The van der Waals surface area contributed by atoms with Crippen molar-refractivity contribution in [1.29, 1.82) is 0 Å². The number of hydrogen-bond acceptors (Lipinski definition) is 4. The molecule has 0 fully saturated rings. The highest BCUT2D eigenvalue weighted by atomic mass is 16.7. The molecule has 0 bridgehead atoms. The number of aryl methyl sites for hydroxylation is 1. The summed E-state index contributed by atoms with van der Waals surface area (Å²) in [6, 6.07) is 13.2. The van der Waals surface area contributed by atoms with Crippen LogP contribution in [0.1, 0.15) is 51.0 Å². The molecule has 2 rings (SSSR count). The number of nitrogen functional groups attached to an aromatic ring is 2. The van der Waals surface area contributed by atoms with Crippen molar-refractivity contribution in [2.75, 3.05) is 11.5 Å². The summed E-state index contributed by atoms with van der Waals surface area (Å²) in [4.78, 5) is 0. The predicted molar refractivity (Wildman–Crippen MR) is 105 cm³/mol. The van der Waals surface area contributed by atoms with Crippen molar-refractivity contribution in [3.05, 3.63) is 48.0 Å². The Bertz CT molecular complexity index is 641. The third-order valence-electron chi connectivity index (χ3n) is 4.23. The van der Waals surface area contributed by atoms with Crippen LogP contribution in [0, 0.1) is 6.92 Å². The molecule has 4 heteroatoms. The van der Waals surface area contributed by atoms with Gasteiger partial charge < -0.3 is 20.9 Å². The van der Waals surface area contributed by atoms with Crippen molar-refractivity contribution in [2.24, 2.45) is 0 Å². The highest BCUT2D eigenvalue weighted by Crippen LogP contribution is 2.27. The Morgan fingerprint density at radius 2 is 1.60 bits per heavy atom. The van der Waals surface area contributed by atoms with Crippen LogP contribution >= 0.6 is 0 Å². The van der Waals surface area contributed by atoms with Crippen molar-refractivity contribution in [3.8, 4) is 11.5 Å². The summed E-state index contributed by atoms with van der Waals surface area (Å²) in [6.07, 6.45) is 6.46. The molecule has 1 atom stereocenters. The van der Waals surface area contributed by atoms with E-state index in [0.717, 1.165) is 24.2 Å².